The fraction of sp³-hybridized carbons (Fsp3) is 0.267. The Morgan fingerprint density at radius 3 is 2.31 bits per heavy atom. The molecule has 0 radical (unpaired) electrons. The summed E-state index contributed by atoms with van der Waals surface area (Å²) in [4.78, 5) is 12.5. The molecule has 0 fully saturated rings. The summed E-state index contributed by atoms with van der Waals surface area (Å²) in [7, 11) is 4.52. The Morgan fingerprint density at radius 1 is 1.08 bits per heavy atom. The number of aromatic nitrogens is 4. The molecule has 1 N–H and O–H groups in total. The van der Waals surface area contributed by atoms with Crippen LogP contribution in [0.5, 0.6) is 17.2 Å². The first-order valence-corrected chi connectivity index (χ1v) is 8.09. The number of hydrogen-bond donors (Lipinski definition) is 1. The number of carbonyl (C=O) groups excluding carboxylic acids is 1. The Labute approximate surface area is 152 Å². The highest BCUT2D eigenvalue weighted by Gasteiger charge is 2.19. The van der Waals surface area contributed by atoms with Crippen LogP contribution in [0.1, 0.15) is 15.4 Å². The normalized spacial score (nSPS) is 10.5. The number of rotatable bonds is 6. The zero-order valence-electron chi connectivity index (χ0n) is 14.4. The third kappa shape index (κ3) is 3.28. The zero-order chi connectivity index (χ0) is 18.7. The van der Waals surface area contributed by atoms with E-state index in [1.54, 1.807) is 19.1 Å². The molecule has 0 saturated heterocycles. The maximum Gasteiger partial charge on any atom is 0.322 e. The molecule has 0 spiro atoms. The Bertz CT molecular complexity index is 913. The standard InChI is InChI=1S/C15H15N5O5S/c1-7-12(26-20-17-7)13(21)16-15-19-18-14(25-15)8-5-9(22-2)11(24-4)10(6-8)23-3/h5-6H,1-4H3,(H,16,19,21). The van der Waals surface area contributed by atoms with Gasteiger partial charge in [0.2, 0.25) is 11.6 Å². The van der Waals surface area contributed by atoms with Crippen molar-refractivity contribution in [2.75, 3.05) is 26.6 Å². The van der Waals surface area contributed by atoms with Gasteiger partial charge in [0.25, 0.3) is 5.91 Å². The Hall–Kier alpha value is -3.21. The minimum absolute atomic E-state index is 0.0495. The van der Waals surface area contributed by atoms with Gasteiger partial charge in [0.15, 0.2) is 11.5 Å². The number of amides is 1. The van der Waals surface area contributed by atoms with Crippen molar-refractivity contribution in [3.05, 3.63) is 22.7 Å². The van der Waals surface area contributed by atoms with Crippen molar-refractivity contribution < 1.29 is 23.4 Å². The second-order valence-corrected chi connectivity index (χ2v) is 5.72. The summed E-state index contributed by atoms with van der Waals surface area (Å²) in [5.74, 6) is 1.09. The first-order chi connectivity index (χ1) is 12.6. The van der Waals surface area contributed by atoms with Gasteiger partial charge in [-0.1, -0.05) is 9.59 Å². The van der Waals surface area contributed by atoms with E-state index >= 15 is 0 Å². The molecule has 0 aliphatic heterocycles. The number of anilines is 1. The number of hydrogen-bond acceptors (Lipinski definition) is 10. The molecule has 0 bridgehead atoms. The molecule has 3 aromatic rings. The lowest BCUT2D eigenvalue weighted by molar-refractivity contribution is 0.102. The average molecular weight is 377 g/mol. The van der Waals surface area contributed by atoms with Crippen LogP contribution in [0.15, 0.2) is 16.5 Å². The van der Waals surface area contributed by atoms with Crippen LogP contribution in [0.25, 0.3) is 11.5 Å². The van der Waals surface area contributed by atoms with Gasteiger partial charge in [0, 0.05) is 5.56 Å². The molecule has 0 saturated carbocycles. The first-order valence-electron chi connectivity index (χ1n) is 7.31. The van der Waals surface area contributed by atoms with E-state index in [-0.39, 0.29) is 11.9 Å². The predicted molar refractivity (Wildman–Crippen MR) is 92.0 cm³/mol. The summed E-state index contributed by atoms with van der Waals surface area (Å²) in [5, 5.41) is 14.1. The summed E-state index contributed by atoms with van der Waals surface area (Å²) < 4.78 is 25.1. The minimum atomic E-state index is -0.419. The van der Waals surface area contributed by atoms with Crippen molar-refractivity contribution >= 4 is 23.5 Å². The number of methoxy groups -OCH3 is 3. The fourth-order valence-corrected chi connectivity index (χ4v) is 2.74. The smallest absolute Gasteiger partial charge is 0.322 e. The van der Waals surface area contributed by atoms with Gasteiger partial charge in [-0.25, -0.2) is 0 Å². The van der Waals surface area contributed by atoms with Crippen LogP contribution in [0.3, 0.4) is 0 Å². The monoisotopic (exact) mass is 377 g/mol. The molecular formula is C15H15N5O5S. The SMILES string of the molecule is COc1cc(-c2nnc(NC(=O)c3snnc3C)o2)cc(OC)c1OC. The largest absolute Gasteiger partial charge is 0.493 e. The number of carbonyl (C=O) groups is 1. The van der Waals surface area contributed by atoms with Gasteiger partial charge in [-0.3, -0.25) is 10.1 Å². The van der Waals surface area contributed by atoms with Gasteiger partial charge in [0.1, 0.15) is 4.88 Å². The van der Waals surface area contributed by atoms with E-state index in [0.717, 1.165) is 11.5 Å². The minimum Gasteiger partial charge on any atom is -0.493 e. The van der Waals surface area contributed by atoms with E-state index in [1.165, 1.54) is 21.3 Å². The second-order valence-electron chi connectivity index (χ2n) is 4.97. The molecule has 0 aliphatic carbocycles. The third-order valence-electron chi connectivity index (χ3n) is 3.41. The first kappa shape index (κ1) is 17.6. The average Bonchev–Trinajstić information content (AvgIpc) is 3.29. The van der Waals surface area contributed by atoms with Crippen molar-refractivity contribution in [3.63, 3.8) is 0 Å². The van der Waals surface area contributed by atoms with Gasteiger partial charge >= 0.3 is 6.01 Å². The molecule has 0 atom stereocenters. The van der Waals surface area contributed by atoms with Gasteiger partial charge in [0.05, 0.1) is 27.0 Å². The van der Waals surface area contributed by atoms with Crippen LogP contribution in [-0.2, 0) is 0 Å². The molecule has 2 aromatic heterocycles. The highest BCUT2D eigenvalue weighted by molar-refractivity contribution is 7.08. The molecule has 26 heavy (non-hydrogen) atoms. The van der Waals surface area contributed by atoms with Crippen LogP contribution >= 0.6 is 11.5 Å². The molecule has 1 aromatic carbocycles. The van der Waals surface area contributed by atoms with Crippen LogP contribution in [0.4, 0.5) is 6.01 Å². The highest BCUT2D eigenvalue weighted by Crippen LogP contribution is 2.41. The second kappa shape index (κ2) is 7.35. The van der Waals surface area contributed by atoms with Crippen molar-refractivity contribution in [2.45, 2.75) is 6.92 Å². The molecule has 3 rings (SSSR count). The van der Waals surface area contributed by atoms with E-state index < -0.39 is 5.91 Å². The summed E-state index contributed by atoms with van der Waals surface area (Å²) in [6, 6.07) is 3.28. The van der Waals surface area contributed by atoms with E-state index in [1.807, 2.05) is 0 Å². The van der Waals surface area contributed by atoms with Gasteiger partial charge < -0.3 is 18.6 Å². The van der Waals surface area contributed by atoms with Crippen LogP contribution < -0.4 is 19.5 Å². The summed E-state index contributed by atoms with van der Waals surface area (Å²) in [6.07, 6.45) is 0. The van der Waals surface area contributed by atoms with Crippen molar-refractivity contribution in [2.24, 2.45) is 0 Å². The summed E-state index contributed by atoms with van der Waals surface area (Å²) in [6.45, 7) is 1.69. The molecule has 1 amide bonds. The molecule has 2 heterocycles. The van der Waals surface area contributed by atoms with Crippen LogP contribution in [0, 0.1) is 6.92 Å². The van der Waals surface area contributed by atoms with E-state index in [0.29, 0.717) is 33.4 Å². The Balaban J connectivity index is 1.88. The predicted octanol–water partition coefficient (Wildman–Crippen LogP) is 2.17. The lowest BCUT2D eigenvalue weighted by atomic mass is 10.2. The summed E-state index contributed by atoms with van der Waals surface area (Å²) in [5.41, 5.74) is 1.07. The maximum absolute atomic E-state index is 12.2. The molecule has 0 aliphatic rings. The number of ether oxygens (including phenoxy) is 3. The molecule has 11 heteroatoms. The van der Waals surface area contributed by atoms with Crippen molar-refractivity contribution in [3.8, 4) is 28.7 Å². The van der Waals surface area contributed by atoms with Crippen molar-refractivity contribution in [1.82, 2.24) is 19.8 Å². The Morgan fingerprint density at radius 2 is 1.77 bits per heavy atom. The van der Waals surface area contributed by atoms with Gasteiger partial charge in [-0.15, -0.1) is 10.2 Å². The number of nitrogens with zero attached hydrogens (tertiary/aromatic N) is 4. The van der Waals surface area contributed by atoms with E-state index in [9.17, 15) is 4.79 Å². The van der Waals surface area contributed by atoms with Crippen LogP contribution in [0.2, 0.25) is 0 Å². The molecule has 10 nitrogen and oxygen atoms in total. The van der Waals surface area contributed by atoms with E-state index in [2.05, 4.69) is 25.1 Å². The topological polar surface area (TPSA) is 121 Å². The van der Waals surface area contributed by atoms with E-state index in [4.69, 9.17) is 18.6 Å². The maximum atomic E-state index is 12.2. The van der Waals surface area contributed by atoms with Gasteiger partial charge in [-0.2, -0.15) is 0 Å². The fourth-order valence-electron chi connectivity index (χ4n) is 2.19. The number of nitrogens with one attached hydrogen (secondary N) is 1. The third-order valence-corrected chi connectivity index (χ3v) is 4.24. The lowest BCUT2D eigenvalue weighted by Gasteiger charge is -2.12. The summed E-state index contributed by atoms with van der Waals surface area (Å²) >= 11 is 0.984. The quantitative estimate of drug-likeness (QED) is 0.688. The molecule has 0 unspecified atom stereocenters. The number of aryl methyl sites for hydroxylation is 1. The zero-order valence-corrected chi connectivity index (χ0v) is 15.2. The Kier molecular flexibility index (Phi) is 4.98. The molecule has 136 valence electrons. The number of benzene rings is 1. The highest BCUT2D eigenvalue weighted by atomic mass is 32.1. The lowest BCUT2D eigenvalue weighted by Crippen LogP contribution is -2.11. The molecular weight excluding hydrogens is 362 g/mol. The van der Waals surface area contributed by atoms with Crippen LogP contribution in [-0.4, -0.2) is 47.0 Å². The van der Waals surface area contributed by atoms with Gasteiger partial charge in [-0.05, 0) is 30.6 Å². The van der Waals surface area contributed by atoms with Crippen molar-refractivity contribution in [1.29, 1.82) is 0 Å².